The van der Waals surface area contributed by atoms with Gasteiger partial charge in [-0.3, -0.25) is 4.79 Å². The Balaban J connectivity index is 1.77. The summed E-state index contributed by atoms with van der Waals surface area (Å²) in [7, 11) is 0.231. The summed E-state index contributed by atoms with van der Waals surface area (Å²) in [6, 6.07) is 11.3. The van der Waals surface area contributed by atoms with Crippen LogP contribution in [0.25, 0.3) is 22.3 Å². The number of cyclic esters (lactones) is 1. The van der Waals surface area contributed by atoms with Crippen LogP contribution in [0, 0.1) is 0 Å². The number of carbonyl (C=O) groups is 1. The van der Waals surface area contributed by atoms with E-state index in [-0.39, 0.29) is 12.2 Å². The molecule has 0 saturated heterocycles. The quantitative estimate of drug-likeness (QED) is 0.320. The van der Waals surface area contributed by atoms with Gasteiger partial charge in [-0.25, -0.2) is 9.78 Å². The zero-order chi connectivity index (χ0) is 23.5. The maximum Gasteiger partial charge on any atom is 0.343 e. The fourth-order valence-corrected chi connectivity index (χ4v) is 6.22. The third-order valence-corrected chi connectivity index (χ3v) is 8.90. The van der Waals surface area contributed by atoms with Crippen LogP contribution in [0.15, 0.2) is 35.1 Å². The Hall–Kier alpha value is -2.77. The summed E-state index contributed by atoms with van der Waals surface area (Å²) in [6.45, 7) is 9.50. The van der Waals surface area contributed by atoms with E-state index >= 15 is 0 Å². The molecule has 7 heteroatoms. The van der Waals surface area contributed by atoms with Crippen molar-refractivity contribution in [3.63, 3.8) is 0 Å². The molecule has 0 spiro atoms. The summed E-state index contributed by atoms with van der Waals surface area (Å²) < 4.78 is 12.9. The maximum absolute atomic E-state index is 13.6. The number of benzene rings is 1. The molecule has 0 radical (unpaired) electrons. The van der Waals surface area contributed by atoms with E-state index in [1.165, 1.54) is 24.1 Å². The highest BCUT2D eigenvalue weighted by atomic mass is 28.3. The standard InChI is InChI=1S/C26H30N2O4Si/c1-6-26(31-2)20-13-22-23-18(14-28(22)24(29)19(20)15-32-25(26)30)16(11-12-33(3,4)5)17-9-7-8-10-21(17)27-23/h7-10,13H,6,11-12,14-15H2,1-5H3/t26-/m0/s1. The molecule has 33 heavy (non-hydrogen) atoms. The molecule has 172 valence electrons. The van der Waals surface area contributed by atoms with E-state index in [2.05, 4.69) is 31.8 Å². The molecule has 0 aliphatic carbocycles. The van der Waals surface area contributed by atoms with Crippen LogP contribution in [-0.4, -0.2) is 30.7 Å². The number of ether oxygens (including phenoxy) is 2. The lowest BCUT2D eigenvalue weighted by Gasteiger charge is -2.34. The molecule has 0 saturated carbocycles. The van der Waals surface area contributed by atoms with Crippen molar-refractivity contribution >= 4 is 24.9 Å². The van der Waals surface area contributed by atoms with Gasteiger partial charge < -0.3 is 14.0 Å². The lowest BCUT2D eigenvalue weighted by atomic mass is 9.85. The van der Waals surface area contributed by atoms with Gasteiger partial charge >= 0.3 is 5.97 Å². The summed E-state index contributed by atoms with van der Waals surface area (Å²) in [5.74, 6) is -0.440. The number of hydrogen-bond acceptors (Lipinski definition) is 5. The molecule has 0 unspecified atom stereocenters. The highest BCUT2D eigenvalue weighted by molar-refractivity contribution is 6.76. The average molecular weight is 463 g/mol. The normalized spacial score (nSPS) is 19.2. The predicted octanol–water partition coefficient (Wildman–Crippen LogP) is 4.61. The van der Waals surface area contributed by atoms with Gasteiger partial charge in [-0.2, -0.15) is 0 Å². The number of methoxy groups -OCH3 is 1. The summed E-state index contributed by atoms with van der Waals surface area (Å²) in [5, 5.41) is 1.17. The third kappa shape index (κ3) is 3.28. The van der Waals surface area contributed by atoms with Gasteiger partial charge in [0.2, 0.25) is 0 Å². The molecule has 0 amide bonds. The molecule has 2 aliphatic rings. The summed E-state index contributed by atoms with van der Waals surface area (Å²) in [4.78, 5) is 31.4. The van der Waals surface area contributed by atoms with Crippen LogP contribution in [0.4, 0.5) is 0 Å². The number of hydrogen-bond donors (Lipinski definition) is 0. The van der Waals surface area contributed by atoms with Crippen molar-refractivity contribution in [3.05, 3.63) is 62.9 Å². The first-order valence-corrected chi connectivity index (χ1v) is 15.3. The largest absolute Gasteiger partial charge is 0.458 e. The van der Waals surface area contributed by atoms with Crippen LogP contribution in [0.5, 0.6) is 0 Å². The van der Waals surface area contributed by atoms with Crippen LogP contribution in [0.1, 0.15) is 35.6 Å². The Kier molecular flexibility index (Phi) is 5.10. The Morgan fingerprint density at radius 3 is 2.64 bits per heavy atom. The summed E-state index contributed by atoms with van der Waals surface area (Å²) in [5.41, 5.74) is 4.70. The van der Waals surface area contributed by atoms with Crippen molar-refractivity contribution in [1.29, 1.82) is 0 Å². The fourth-order valence-electron chi connectivity index (χ4n) is 5.22. The predicted molar refractivity (Wildman–Crippen MR) is 131 cm³/mol. The van der Waals surface area contributed by atoms with Gasteiger partial charge in [-0.1, -0.05) is 50.8 Å². The van der Waals surface area contributed by atoms with E-state index in [0.717, 1.165) is 28.9 Å². The first-order chi connectivity index (χ1) is 15.7. The highest BCUT2D eigenvalue weighted by Gasteiger charge is 2.47. The smallest absolute Gasteiger partial charge is 0.343 e. The second-order valence-electron chi connectivity index (χ2n) is 10.3. The van der Waals surface area contributed by atoms with E-state index in [1.807, 2.05) is 25.1 Å². The van der Waals surface area contributed by atoms with Gasteiger partial charge in [-0.05, 0) is 30.5 Å². The number of rotatable bonds is 5. The highest BCUT2D eigenvalue weighted by Crippen LogP contribution is 2.41. The monoisotopic (exact) mass is 462 g/mol. The van der Waals surface area contributed by atoms with E-state index in [4.69, 9.17) is 14.5 Å². The molecule has 3 aromatic rings. The number of aromatic nitrogens is 2. The van der Waals surface area contributed by atoms with Crippen molar-refractivity contribution < 1.29 is 14.3 Å². The SMILES string of the molecule is CC[C@@]1(OC)C(=O)OCc2c1cc1n(c2=O)Cc2c-1nc1ccccc1c2CC[Si](C)(C)C. The number of esters is 1. The molecule has 2 aromatic heterocycles. The van der Waals surface area contributed by atoms with E-state index < -0.39 is 19.6 Å². The number of aryl methyl sites for hydroxylation is 1. The van der Waals surface area contributed by atoms with Gasteiger partial charge in [0.05, 0.1) is 29.0 Å². The van der Waals surface area contributed by atoms with Crippen molar-refractivity contribution in [2.45, 2.75) is 64.2 Å². The van der Waals surface area contributed by atoms with Crippen LogP contribution < -0.4 is 5.56 Å². The number of nitrogens with zero attached hydrogens (tertiary/aromatic N) is 2. The van der Waals surface area contributed by atoms with Crippen LogP contribution in [0.3, 0.4) is 0 Å². The van der Waals surface area contributed by atoms with E-state index in [9.17, 15) is 9.59 Å². The minimum Gasteiger partial charge on any atom is -0.458 e. The van der Waals surface area contributed by atoms with Gasteiger partial charge in [0.1, 0.15) is 6.61 Å². The molecule has 0 fully saturated rings. The minimum atomic E-state index is -1.27. The maximum atomic E-state index is 13.6. The molecule has 0 bridgehead atoms. The zero-order valence-corrected chi connectivity index (χ0v) is 20.9. The van der Waals surface area contributed by atoms with Crippen molar-refractivity contribution in [1.82, 2.24) is 9.55 Å². The lowest BCUT2D eigenvalue weighted by Crippen LogP contribution is -2.45. The first-order valence-electron chi connectivity index (χ1n) is 11.6. The molecule has 1 aromatic carbocycles. The molecular formula is C26H30N2O4Si. The molecule has 6 nitrogen and oxygen atoms in total. The number of pyridine rings is 2. The van der Waals surface area contributed by atoms with Crippen LogP contribution >= 0.6 is 0 Å². The Morgan fingerprint density at radius 1 is 1.18 bits per heavy atom. The minimum absolute atomic E-state index is 0.0212. The lowest BCUT2D eigenvalue weighted by molar-refractivity contribution is -0.176. The average Bonchev–Trinajstić information content (AvgIpc) is 3.15. The van der Waals surface area contributed by atoms with Gasteiger partial charge in [0, 0.05) is 31.7 Å². The van der Waals surface area contributed by atoms with Crippen molar-refractivity contribution in [2.75, 3.05) is 7.11 Å². The zero-order valence-electron chi connectivity index (χ0n) is 19.9. The molecule has 4 heterocycles. The number of fused-ring (bicyclic) bond motifs is 5. The van der Waals surface area contributed by atoms with Gasteiger partial charge in [-0.15, -0.1) is 0 Å². The second-order valence-corrected chi connectivity index (χ2v) is 15.9. The molecule has 2 aliphatic heterocycles. The number of para-hydroxylation sites is 1. The van der Waals surface area contributed by atoms with E-state index in [1.54, 1.807) is 4.57 Å². The van der Waals surface area contributed by atoms with Crippen LogP contribution in [-0.2, 0) is 39.4 Å². The second kappa shape index (κ2) is 7.63. The summed E-state index contributed by atoms with van der Waals surface area (Å²) in [6.07, 6.45) is 1.36. The van der Waals surface area contributed by atoms with Crippen LogP contribution in [0.2, 0.25) is 25.7 Å². The van der Waals surface area contributed by atoms with Crippen molar-refractivity contribution in [3.8, 4) is 11.4 Å². The topological polar surface area (TPSA) is 70.4 Å². The summed E-state index contributed by atoms with van der Waals surface area (Å²) >= 11 is 0. The molecular weight excluding hydrogens is 432 g/mol. The van der Waals surface area contributed by atoms with Crippen molar-refractivity contribution in [2.24, 2.45) is 0 Å². The Bertz CT molecular complexity index is 1350. The first kappa shape index (κ1) is 22.0. The molecule has 1 atom stereocenters. The Labute approximate surface area is 194 Å². The molecule has 5 rings (SSSR count). The molecule has 0 N–H and O–H groups in total. The van der Waals surface area contributed by atoms with Gasteiger partial charge in [0.15, 0.2) is 5.60 Å². The van der Waals surface area contributed by atoms with E-state index in [0.29, 0.717) is 24.1 Å². The van der Waals surface area contributed by atoms with Gasteiger partial charge in [0.25, 0.3) is 5.56 Å². The fraction of sp³-hybridized carbons (Fsp3) is 0.423. The number of carbonyl (C=O) groups excluding carboxylic acids is 1. The third-order valence-electron chi connectivity index (χ3n) is 7.15. The Morgan fingerprint density at radius 2 is 1.94 bits per heavy atom.